The van der Waals surface area contributed by atoms with E-state index < -0.39 is 0 Å². The smallest absolute Gasteiger partial charge is 0.149 e. The highest BCUT2D eigenvalue weighted by Gasteiger charge is 1.79. The fourth-order valence-corrected chi connectivity index (χ4v) is 0.172. The molecule has 0 N–H and O–H groups in total. The van der Waals surface area contributed by atoms with Crippen molar-refractivity contribution in [1.82, 2.24) is 10.4 Å². The Bertz CT molecular complexity index is 115. The lowest BCUT2D eigenvalue weighted by atomic mass is 10.1. The van der Waals surface area contributed by atoms with Gasteiger partial charge in [-0.05, 0) is 0 Å². The molecule has 0 saturated carbocycles. The molecule has 0 bridgehead atoms. The van der Waals surface area contributed by atoms with E-state index in [0.717, 1.165) is 0 Å². The number of rotatable bonds is 0. The lowest BCUT2D eigenvalue weighted by Crippen LogP contribution is -2.00. The first kappa shape index (κ1) is 3.40. The zero-order valence-corrected chi connectivity index (χ0v) is 2.96. The Hall–Kier alpha value is -0.795. The van der Waals surface area contributed by atoms with Gasteiger partial charge in [0, 0.05) is 10.9 Å². The van der Waals surface area contributed by atoms with Gasteiger partial charge in [0.15, 0.2) is 0 Å². The lowest BCUT2D eigenvalue weighted by Gasteiger charge is -1.58. The third-order valence-corrected chi connectivity index (χ3v) is 0.377. The molecule has 3 nitrogen and oxygen atoms in total. The molecular formula is C2HBN2O. The molecule has 1 aromatic rings. The van der Waals surface area contributed by atoms with Crippen LogP contribution in [-0.4, -0.2) is 18.2 Å². The van der Waals surface area contributed by atoms with E-state index in [4.69, 9.17) is 7.85 Å². The molecule has 0 aromatic carbocycles. The SMILES string of the molecule is [B]c1conn1. The van der Waals surface area contributed by atoms with E-state index in [0.29, 0.717) is 5.59 Å². The highest BCUT2D eigenvalue weighted by Crippen LogP contribution is 1.60. The van der Waals surface area contributed by atoms with Crippen LogP contribution in [0.5, 0.6) is 0 Å². The maximum absolute atomic E-state index is 5.01. The molecule has 6 heavy (non-hydrogen) atoms. The van der Waals surface area contributed by atoms with E-state index in [-0.39, 0.29) is 0 Å². The van der Waals surface area contributed by atoms with E-state index in [1.165, 1.54) is 6.26 Å². The molecule has 1 aromatic heterocycles. The molecule has 28 valence electrons. The molecule has 1 heterocycles. The second-order valence-electron chi connectivity index (χ2n) is 0.830. The van der Waals surface area contributed by atoms with Crippen LogP contribution in [0.2, 0.25) is 0 Å². The van der Waals surface area contributed by atoms with Crippen molar-refractivity contribution in [1.29, 1.82) is 0 Å². The van der Waals surface area contributed by atoms with Crippen LogP contribution in [0.1, 0.15) is 0 Å². The molecule has 0 aliphatic carbocycles. The summed E-state index contributed by atoms with van der Waals surface area (Å²) in [6.45, 7) is 0. The molecule has 0 aliphatic rings. The average molecular weight is 79.9 g/mol. The molecule has 0 unspecified atom stereocenters. The first-order valence-electron chi connectivity index (χ1n) is 1.42. The maximum Gasteiger partial charge on any atom is 0.149 e. The predicted octanol–water partition coefficient (Wildman–Crippen LogP) is -1.14. The van der Waals surface area contributed by atoms with E-state index in [1.54, 1.807) is 0 Å². The number of hydrogen-bond acceptors (Lipinski definition) is 3. The third kappa shape index (κ3) is 0.405. The van der Waals surface area contributed by atoms with Gasteiger partial charge in [0.25, 0.3) is 0 Å². The topological polar surface area (TPSA) is 38.9 Å². The van der Waals surface area contributed by atoms with Crippen LogP contribution in [0, 0.1) is 0 Å². The summed E-state index contributed by atoms with van der Waals surface area (Å²) < 4.78 is 4.23. The summed E-state index contributed by atoms with van der Waals surface area (Å²) in [5.41, 5.74) is 0.315. The van der Waals surface area contributed by atoms with Gasteiger partial charge in [-0.15, -0.1) is 5.10 Å². The fraction of sp³-hybridized carbons (Fsp3) is 0. The molecule has 2 radical (unpaired) electrons. The Kier molecular flexibility index (Phi) is 0.635. The van der Waals surface area contributed by atoms with Gasteiger partial charge < -0.3 is 4.52 Å². The van der Waals surface area contributed by atoms with Crippen molar-refractivity contribution in [3.63, 3.8) is 0 Å². The monoisotopic (exact) mass is 80.0 g/mol. The van der Waals surface area contributed by atoms with Gasteiger partial charge in [-0.3, -0.25) is 0 Å². The molecule has 0 aliphatic heterocycles. The summed E-state index contributed by atoms with van der Waals surface area (Å²) >= 11 is 0. The molecule has 0 amide bonds. The number of aromatic nitrogens is 2. The van der Waals surface area contributed by atoms with Crippen molar-refractivity contribution in [2.75, 3.05) is 0 Å². The van der Waals surface area contributed by atoms with E-state index in [9.17, 15) is 0 Å². The first-order valence-corrected chi connectivity index (χ1v) is 1.42. The summed E-state index contributed by atoms with van der Waals surface area (Å²) in [5.74, 6) is 0. The van der Waals surface area contributed by atoms with Crippen LogP contribution in [0.25, 0.3) is 0 Å². The fourth-order valence-electron chi connectivity index (χ4n) is 0.172. The van der Waals surface area contributed by atoms with Crippen LogP contribution < -0.4 is 5.59 Å². The van der Waals surface area contributed by atoms with Gasteiger partial charge in [0.2, 0.25) is 0 Å². The van der Waals surface area contributed by atoms with Crippen LogP contribution >= 0.6 is 0 Å². The minimum Gasteiger partial charge on any atom is -0.346 e. The average Bonchev–Trinajstić information content (AvgIpc) is 1.86. The van der Waals surface area contributed by atoms with Crippen LogP contribution in [0.3, 0.4) is 0 Å². The molecule has 0 fully saturated rings. The Morgan fingerprint density at radius 2 is 2.67 bits per heavy atom. The van der Waals surface area contributed by atoms with Crippen molar-refractivity contribution >= 4 is 13.4 Å². The van der Waals surface area contributed by atoms with Crippen molar-refractivity contribution in [3.8, 4) is 0 Å². The van der Waals surface area contributed by atoms with Crippen molar-refractivity contribution in [2.45, 2.75) is 0 Å². The quantitative estimate of drug-likeness (QED) is 0.370. The number of nitrogens with zero attached hydrogens (tertiary/aromatic N) is 2. The molecular weight excluding hydrogens is 78.8 g/mol. The van der Waals surface area contributed by atoms with Crippen molar-refractivity contribution < 1.29 is 4.52 Å². The summed E-state index contributed by atoms with van der Waals surface area (Å²) in [6.07, 6.45) is 1.26. The zero-order chi connectivity index (χ0) is 4.41. The molecule has 0 spiro atoms. The standard InChI is InChI=1S/C2HBN2O/c3-2-1-6-5-4-2/h1H. The summed E-state index contributed by atoms with van der Waals surface area (Å²) in [7, 11) is 5.01. The van der Waals surface area contributed by atoms with Crippen molar-refractivity contribution in [3.05, 3.63) is 6.26 Å². The first-order chi connectivity index (χ1) is 2.89. The minimum atomic E-state index is 0.315. The largest absolute Gasteiger partial charge is 0.346 e. The van der Waals surface area contributed by atoms with Crippen molar-refractivity contribution in [2.24, 2.45) is 0 Å². The van der Waals surface area contributed by atoms with E-state index in [2.05, 4.69) is 14.9 Å². The van der Waals surface area contributed by atoms with E-state index >= 15 is 0 Å². The summed E-state index contributed by atoms with van der Waals surface area (Å²) in [5, 5.41) is 6.35. The van der Waals surface area contributed by atoms with Crippen LogP contribution in [0.15, 0.2) is 10.8 Å². The highest BCUT2D eigenvalue weighted by atomic mass is 16.5. The molecule has 0 saturated heterocycles. The normalized spacial score (nSPS) is 8.67. The van der Waals surface area contributed by atoms with Gasteiger partial charge in [0.05, 0.1) is 0 Å². The Balaban J connectivity index is 3.05. The third-order valence-electron chi connectivity index (χ3n) is 0.377. The maximum atomic E-state index is 5.01. The predicted molar refractivity (Wildman–Crippen MR) is 19.7 cm³/mol. The Morgan fingerprint density at radius 1 is 1.83 bits per heavy atom. The molecule has 1 rings (SSSR count). The van der Waals surface area contributed by atoms with Gasteiger partial charge in [-0.2, -0.15) is 0 Å². The second-order valence-corrected chi connectivity index (χ2v) is 0.830. The zero-order valence-electron chi connectivity index (χ0n) is 2.96. The summed E-state index contributed by atoms with van der Waals surface area (Å²) in [4.78, 5) is 0. The molecule has 0 atom stereocenters. The minimum absolute atomic E-state index is 0.315. The van der Waals surface area contributed by atoms with Crippen LogP contribution in [-0.2, 0) is 0 Å². The van der Waals surface area contributed by atoms with Crippen LogP contribution in [0.4, 0.5) is 0 Å². The Labute approximate surface area is 35.7 Å². The highest BCUT2D eigenvalue weighted by molar-refractivity contribution is 6.30. The Morgan fingerprint density at radius 3 is 2.83 bits per heavy atom. The second kappa shape index (κ2) is 1.12. The van der Waals surface area contributed by atoms with Gasteiger partial charge in [0.1, 0.15) is 14.1 Å². The lowest BCUT2D eigenvalue weighted by molar-refractivity contribution is 0.393. The van der Waals surface area contributed by atoms with Gasteiger partial charge in [-0.25, -0.2) is 0 Å². The summed E-state index contributed by atoms with van der Waals surface area (Å²) in [6, 6.07) is 0. The van der Waals surface area contributed by atoms with Gasteiger partial charge in [-0.1, -0.05) is 0 Å². The number of hydrogen-bond donors (Lipinski definition) is 0. The van der Waals surface area contributed by atoms with E-state index in [1.807, 2.05) is 0 Å². The van der Waals surface area contributed by atoms with Gasteiger partial charge >= 0.3 is 0 Å². The molecule has 4 heteroatoms.